The van der Waals surface area contributed by atoms with E-state index in [0.717, 1.165) is 12.2 Å². The molecule has 1 aromatic heterocycles. The first-order valence-electron chi connectivity index (χ1n) is 6.80. The van der Waals surface area contributed by atoms with E-state index in [1.165, 1.54) is 25.7 Å². The molecule has 104 valence electrons. The second-order valence-corrected chi connectivity index (χ2v) is 5.35. The van der Waals surface area contributed by atoms with Gasteiger partial charge in [0.1, 0.15) is 0 Å². The number of aryl methyl sites for hydroxylation is 1. The molecule has 5 heteroatoms. The molecule has 1 saturated carbocycles. The van der Waals surface area contributed by atoms with Gasteiger partial charge in [-0.05, 0) is 31.7 Å². The van der Waals surface area contributed by atoms with Crippen LogP contribution in [0.25, 0.3) is 0 Å². The number of carbonyl (C=O) groups excluding carboxylic acids is 1. The van der Waals surface area contributed by atoms with Crippen LogP contribution in [0.15, 0.2) is 12.3 Å². The number of nitrogens with zero attached hydrogens (tertiary/aromatic N) is 2. The molecule has 0 spiro atoms. The van der Waals surface area contributed by atoms with Crippen molar-refractivity contribution in [2.75, 3.05) is 19.0 Å². The molecule has 1 fully saturated rings. The van der Waals surface area contributed by atoms with E-state index in [0.29, 0.717) is 17.2 Å². The zero-order valence-corrected chi connectivity index (χ0v) is 11.6. The molecule has 1 aliphatic carbocycles. The van der Waals surface area contributed by atoms with E-state index in [4.69, 9.17) is 5.84 Å². The maximum Gasteiger partial charge on any atom is 0.257 e. The minimum atomic E-state index is -0.0210. The fourth-order valence-electron chi connectivity index (χ4n) is 2.72. The topological polar surface area (TPSA) is 71.2 Å². The van der Waals surface area contributed by atoms with Gasteiger partial charge in [-0.1, -0.05) is 12.8 Å². The van der Waals surface area contributed by atoms with Crippen LogP contribution >= 0.6 is 0 Å². The molecule has 0 radical (unpaired) electrons. The summed E-state index contributed by atoms with van der Waals surface area (Å²) >= 11 is 0. The molecular formula is C14H22N4O. The van der Waals surface area contributed by atoms with Crippen LogP contribution in [0, 0.1) is 12.8 Å². The molecule has 5 nitrogen and oxygen atoms in total. The number of aromatic nitrogens is 1. The summed E-state index contributed by atoms with van der Waals surface area (Å²) in [6.45, 7) is 2.69. The lowest BCUT2D eigenvalue weighted by atomic mass is 10.1. The van der Waals surface area contributed by atoms with E-state index in [9.17, 15) is 4.79 Å². The molecular weight excluding hydrogens is 240 g/mol. The molecule has 0 saturated heterocycles. The zero-order valence-electron chi connectivity index (χ0n) is 11.6. The Morgan fingerprint density at radius 3 is 2.84 bits per heavy atom. The van der Waals surface area contributed by atoms with Crippen LogP contribution in [0.1, 0.15) is 41.7 Å². The van der Waals surface area contributed by atoms with Crippen LogP contribution < -0.4 is 11.3 Å². The SMILES string of the molecule is Cc1cc(NN)c(C(=O)N(C)CC2CCCC2)cn1. The number of rotatable bonds is 4. The number of hydrogen-bond donors (Lipinski definition) is 2. The lowest BCUT2D eigenvalue weighted by Gasteiger charge is -2.22. The van der Waals surface area contributed by atoms with Gasteiger partial charge in [-0.25, -0.2) is 0 Å². The summed E-state index contributed by atoms with van der Waals surface area (Å²) in [4.78, 5) is 18.4. The van der Waals surface area contributed by atoms with Crippen molar-refractivity contribution in [3.63, 3.8) is 0 Å². The van der Waals surface area contributed by atoms with Crippen LogP contribution in [0.4, 0.5) is 5.69 Å². The van der Waals surface area contributed by atoms with Gasteiger partial charge in [-0.15, -0.1) is 0 Å². The highest BCUT2D eigenvalue weighted by atomic mass is 16.2. The number of anilines is 1. The molecule has 0 unspecified atom stereocenters. The molecule has 0 atom stereocenters. The third-order valence-electron chi connectivity index (χ3n) is 3.78. The fourth-order valence-corrected chi connectivity index (χ4v) is 2.72. The van der Waals surface area contributed by atoms with Crippen LogP contribution in [0.3, 0.4) is 0 Å². The van der Waals surface area contributed by atoms with Gasteiger partial charge in [0.05, 0.1) is 11.3 Å². The lowest BCUT2D eigenvalue weighted by Crippen LogP contribution is -2.32. The van der Waals surface area contributed by atoms with Gasteiger partial charge in [-0.3, -0.25) is 15.6 Å². The number of nitrogen functional groups attached to an aromatic ring is 1. The average molecular weight is 262 g/mol. The maximum atomic E-state index is 12.4. The summed E-state index contributed by atoms with van der Waals surface area (Å²) in [6.07, 6.45) is 6.62. The fraction of sp³-hybridized carbons (Fsp3) is 0.571. The minimum Gasteiger partial charge on any atom is -0.341 e. The van der Waals surface area contributed by atoms with E-state index in [2.05, 4.69) is 10.4 Å². The van der Waals surface area contributed by atoms with Gasteiger partial charge in [0.15, 0.2) is 0 Å². The van der Waals surface area contributed by atoms with Crippen molar-refractivity contribution in [2.24, 2.45) is 11.8 Å². The largest absolute Gasteiger partial charge is 0.341 e. The van der Waals surface area contributed by atoms with E-state index in [-0.39, 0.29) is 5.91 Å². The van der Waals surface area contributed by atoms with Gasteiger partial charge >= 0.3 is 0 Å². The summed E-state index contributed by atoms with van der Waals surface area (Å²) < 4.78 is 0. The number of carbonyl (C=O) groups is 1. The van der Waals surface area contributed by atoms with E-state index >= 15 is 0 Å². The van der Waals surface area contributed by atoms with Gasteiger partial charge in [-0.2, -0.15) is 0 Å². The standard InChI is InChI=1S/C14H22N4O/c1-10-7-13(17-15)12(8-16-10)14(19)18(2)9-11-5-3-4-6-11/h7-8,11H,3-6,9,15H2,1-2H3,(H,16,17). The van der Waals surface area contributed by atoms with Crippen LogP contribution in [0.2, 0.25) is 0 Å². The van der Waals surface area contributed by atoms with Crippen LogP contribution in [-0.2, 0) is 0 Å². The summed E-state index contributed by atoms with van der Waals surface area (Å²) in [5.41, 5.74) is 4.59. The normalized spacial score (nSPS) is 15.5. The Hall–Kier alpha value is -1.62. The number of nitrogens with one attached hydrogen (secondary N) is 1. The van der Waals surface area contributed by atoms with Crippen molar-refractivity contribution in [3.8, 4) is 0 Å². The van der Waals surface area contributed by atoms with Gasteiger partial charge in [0.25, 0.3) is 5.91 Å². The van der Waals surface area contributed by atoms with Gasteiger partial charge < -0.3 is 10.3 Å². The third kappa shape index (κ3) is 3.23. The first-order valence-corrected chi connectivity index (χ1v) is 6.80. The molecule has 0 bridgehead atoms. The first kappa shape index (κ1) is 13.8. The number of pyridine rings is 1. The second kappa shape index (κ2) is 6.02. The van der Waals surface area contributed by atoms with Crippen molar-refractivity contribution < 1.29 is 4.79 Å². The van der Waals surface area contributed by atoms with Crippen molar-refractivity contribution in [3.05, 3.63) is 23.5 Å². The summed E-state index contributed by atoms with van der Waals surface area (Å²) in [6, 6.07) is 1.79. The van der Waals surface area contributed by atoms with E-state index in [1.54, 1.807) is 17.2 Å². The minimum absolute atomic E-state index is 0.0210. The van der Waals surface area contributed by atoms with E-state index < -0.39 is 0 Å². The molecule has 1 aliphatic rings. The molecule has 1 heterocycles. The van der Waals surface area contributed by atoms with Crippen molar-refractivity contribution in [2.45, 2.75) is 32.6 Å². The Morgan fingerprint density at radius 2 is 2.21 bits per heavy atom. The van der Waals surface area contributed by atoms with E-state index in [1.807, 2.05) is 14.0 Å². The Labute approximate surface area is 114 Å². The Morgan fingerprint density at radius 1 is 1.53 bits per heavy atom. The second-order valence-electron chi connectivity index (χ2n) is 5.35. The lowest BCUT2D eigenvalue weighted by molar-refractivity contribution is 0.0774. The maximum absolute atomic E-state index is 12.4. The summed E-state index contributed by atoms with van der Waals surface area (Å²) in [7, 11) is 1.85. The molecule has 19 heavy (non-hydrogen) atoms. The third-order valence-corrected chi connectivity index (χ3v) is 3.78. The Kier molecular flexibility index (Phi) is 4.37. The highest BCUT2D eigenvalue weighted by Gasteiger charge is 2.22. The predicted octanol–water partition coefficient (Wildman–Crippen LogP) is 1.94. The monoisotopic (exact) mass is 262 g/mol. The molecule has 0 aliphatic heterocycles. The average Bonchev–Trinajstić information content (AvgIpc) is 2.90. The zero-order chi connectivity index (χ0) is 13.8. The van der Waals surface area contributed by atoms with Crippen molar-refractivity contribution >= 4 is 11.6 Å². The molecule has 0 aromatic carbocycles. The van der Waals surface area contributed by atoms with Crippen LogP contribution in [-0.4, -0.2) is 29.4 Å². The number of amides is 1. The molecule has 1 aromatic rings. The summed E-state index contributed by atoms with van der Waals surface area (Å²) in [5, 5.41) is 0. The number of nitrogens with two attached hydrogens (primary N) is 1. The van der Waals surface area contributed by atoms with Gasteiger partial charge in [0, 0.05) is 25.5 Å². The molecule has 3 N–H and O–H groups in total. The Balaban J connectivity index is 2.09. The van der Waals surface area contributed by atoms with Crippen molar-refractivity contribution in [1.29, 1.82) is 0 Å². The number of hydrazine groups is 1. The predicted molar refractivity (Wildman–Crippen MR) is 75.7 cm³/mol. The molecule has 1 amide bonds. The number of hydrogen-bond acceptors (Lipinski definition) is 4. The highest BCUT2D eigenvalue weighted by molar-refractivity contribution is 5.99. The Bertz CT molecular complexity index is 455. The van der Waals surface area contributed by atoms with Crippen LogP contribution in [0.5, 0.6) is 0 Å². The first-order chi connectivity index (χ1) is 9.11. The van der Waals surface area contributed by atoms with Crippen molar-refractivity contribution in [1.82, 2.24) is 9.88 Å². The molecule has 2 rings (SSSR count). The van der Waals surface area contributed by atoms with Gasteiger partial charge in [0.2, 0.25) is 0 Å². The quantitative estimate of drug-likeness (QED) is 0.642. The smallest absolute Gasteiger partial charge is 0.257 e. The highest BCUT2D eigenvalue weighted by Crippen LogP contribution is 2.26. The summed E-state index contributed by atoms with van der Waals surface area (Å²) in [5.74, 6) is 6.09.